The van der Waals surface area contributed by atoms with Crippen LogP contribution in [0.1, 0.15) is 25.1 Å². The van der Waals surface area contributed by atoms with E-state index in [1.54, 1.807) is 18.2 Å². The Kier molecular flexibility index (Phi) is 10.5. The number of halogens is 4. The molecule has 0 saturated heterocycles. The number of benzene rings is 2. The minimum absolute atomic E-state index is 0. The maximum atomic E-state index is 14.0. The van der Waals surface area contributed by atoms with Crippen LogP contribution < -0.4 is 39.4 Å². The van der Waals surface area contributed by atoms with Gasteiger partial charge in [0.1, 0.15) is 11.6 Å². The molecule has 0 amide bonds. The smallest absolute Gasteiger partial charge is 0.550 e. The largest absolute Gasteiger partial charge is 1.00 e. The Hall–Kier alpha value is -2.44. The van der Waals surface area contributed by atoms with E-state index in [-0.39, 0.29) is 65.9 Å². The van der Waals surface area contributed by atoms with Gasteiger partial charge >= 0.3 is 35.7 Å². The number of carboxylic acids is 1. The van der Waals surface area contributed by atoms with Gasteiger partial charge < -0.3 is 29.4 Å². The van der Waals surface area contributed by atoms with E-state index >= 15 is 0 Å². The third-order valence-corrected chi connectivity index (χ3v) is 5.31. The number of aliphatic carboxylic acids is 1. The van der Waals surface area contributed by atoms with Gasteiger partial charge in [-0.3, -0.25) is 0 Å². The first-order valence-electron chi connectivity index (χ1n) is 10.6. The van der Waals surface area contributed by atoms with Gasteiger partial charge in [-0.1, -0.05) is 12.1 Å². The van der Waals surface area contributed by atoms with Crippen LogP contribution in [0.4, 0.5) is 17.6 Å². The summed E-state index contributed by atoms with van der Waals surface area (Å²) in [5.74, 6) is -2.91. The molecule has 0 aliphatic heterocycles. The summed E-state index contributed by atoms with van der Waals surface area (Å²) in [6, 6.07) is 11.2. The van der Waals surface area contributed by atoms with Crippen molar-refractivity contribution in [2.45, 2.75) is 44.2 Å². The van der Waals surface area contributed by atoms with E-state index in [2.05, 4.69) is 4.98 Å². The van der Waals surface area contributed by atoms with Gasteiger partial charge in [-0.15, -0.1) is 0 Å². The third-order valence-electron chi connectivity index (χ3n) is 5.31. The Labute approximate surface area is 226 Å². The molecule has 2 aromatic carbocycles. The van der Waals surface area contributed by atoms with E-state index in [0.717, 1.165) is 16.7 Å². The fourth-order valence-electron chi connectivity index (χ4n) is 3.74. The fraction of sp³-hybridized carbons (Fsp3) is 0.333. The zero-order valence-electron chi connectivity index (χ0n) is 19.6. The van der Waals surface area contributed by atoms with Crippen molar-refractivity contribution in [3.8, 4) is 28.3 Å². The molecule has 0 aliphatic rings. The molecule has 0 saturated carbocycles. The van der Waals surface area contributed by atoms with Gasteiger partial charge in [0, 0.05) is 30.1 Å². The van der Waals surface area contributed by atoms with Crippen molar-refractivity contribution >= 4 is 5.97 Å². The van der Waals surface area contributed by atoms with Gasteiger partial charge in [0.25, 0.3) is 0 Å². The predicted octanol–water partition coefficient (Wildman–Crippen LogP) is 0.0296. The first-order valence-corrected chi connectivity index (χ1v) is 10.6. The van der Waals surface area contributed by atoms with Crippen molar-refractivity contribution in [3.05, 3.63) is 60.2 Å². The van der Waals surface area contributed by atoms with Gasteiger partial charge in [-0.2, -0.15) is 13.2 Å². The van der Waals surface area contributed by atoms with Crippen LogP contribution in [-0.4, -0.2) is 45.1 Å². The molecular weight excluding hydrogens is 495 g/mol. The maximum Gasteiger partial charge on any atom is 1.00 e. The van der Waals surface area contributed by atoms with Gasteiger partial charge in [0.2, 0.25) is 5.82 Å². The van der Waals surface area contributed by atoms with Crippen LogP contribution in [-0.2, 0) is 17.5 Å². The van der Waals surface area contributed by atoms with Crippen molar-refractivity contribution in [3.63, 3.8) is 0 Å². The van der Waals surface area contributed by atoms with Gasteiger partial charge in [0.05, 0.1) is 30.7 Å². The summed E-state index contributed by atoms with van der Waals surface area (Å²) < 4.78 is 61.6. The SMILES string of the molecule is COc1cccc(-c2c(-c3ccc(F)cc3)nc(C(F)(F)F)n2CC[C@@H](O)C[C@@H](O)CC(=O)[O-])c1.[Na+]. The van der Waals surface area contributed by atoms with E-state index in [0.29, 0.717) is 11.3 Å². The van der Waals surface area contributed by atoms with Crippen molar-refractivity contribution in [2.75, 3.05) is 7.11 Å². The van der Waals surface area contributed by atoms with E-state index < -0.39 is 42.4 Å². The number of methoxy groups -OCH3 is 1. The molecule has 0 bridgehead atoms. The Morgan fingerprint density at radius 2 is 1.78 bits per heavy atom. The van der Waals surface area contributed by atoms with Crippen LogP contribution in [0.3, 0.4) is 0 Å². The van der Waals surface area contributed by atoms with Crippen molar-refractivity contribution < 1.29 is 72.0 Å². The molecule has 12 heteroatoms. The Morgan fingerprint density at radius 1 is 1.11 bits per heavy atom. The zero-order valence-corrected chi connectivity index (χ0v) is 21.6. The van der Waals surface area contributed by atoms with Crippen LogP contribution in [0, 0.1) is 5.82 Å². The Balaban J connectivity index is 0.00000456. The zero-order chi connectivity index (χ0) is 25.8. The summed E-state index contributed by atoms with van der Waals surface area (Å²) >= 11 is 0. The number of aromatic nitrogens is 2. The summed E-state index contributed by atoms with van der Waals surface area (Å²) in [6.07, 6.45) is -8.86. The predicted molar refractivity (Wildman–Crippen MR) is 115 cm³/mol. The molecule has 188 valence electrons. The van der Waals surface area contributed by atoms with Crippen LogP contribution in [0.15, 0.2) is 48.5 Å². The Bertz CT molecular complexity index is 1170. The van der Waals surface area contributed by atoms with E-state index in [1.807, 2.05) is 0 Å². The molecule has 2 atom stereocenters. The number of imidazole rings is 1. The number of aliphatic hydroxyl groups is 2. The average Bonchev–Trinajstić information content (AvgIpc) is 3.17. The molecule has 0 fully saturated rings. The van der Waals surface area contributed by atoms with Gasteiger partial charge in [-0.05, 0) is 49.2 Å². The second-order valence-corrected chi connectivity index (χ2v) is 7.93. The summed E-state index contributed by atoms with van der Waals surface area (Å²) in [6.45, 7) is -0.352. The Morgan fingerprint density at radius 3 is 2.36 bits per heavy atom. The molecule has 36 heavy (non-hydrogen) atoms. The second kappa shape index (κ2) is 12.7. The topological polar surface area (TPSA) is 108 Å². The molecule has 0 unspecified atom stereocenters. The molecule has 1 aromatic heterocycles. The molecule has 7 nitrogen and oxygen atoms in total. The number of carbonyl (C=O) groups is 1. The number of aliphatic hydroxyl groups excluding tert-OH is 2. The van der Waals surface area contributed by atoms with E-state index in [1.165, 1.54) is 25.3 Å². The molecule has 3 aromatic rings. The molecule has 0 aliphatic carbocycles. The fourth-order valence-corrected chi connectivity index (χ4v) is 3.74. The van der Waals surface area contributed by atoms with Crippen LogP contribution in [0.25, 0.3) is 22.5 Å². The minimum atomic E-state index is -4.86. The first-order chi connectivity index (χ1) is 16.5. The third kappa shape index (κ3) is 7.53. The number of rotatable bonds is 10. The maximum absolute atomic E-state index is 14.0. The van der Waals surface area contributed by atoms with Crippen LogP contribution in [0.2, 0.25) is 0 Å². The summed E-state index contributed by atoms with van der Waals surface area (Å²) in [5, 5.41) is 30.6. The number of ether oxygens (including phenoxy) is 1. The van der Waals surface area contributed by atoms with E-state index in [4.69, 9.17) is 4.74 Å². The number of nitrogens with zero attached hydrogens (tertiary/aromatic N) is 2. The van der Waals surface area contributed by atoms with Crippen LogP contribution >= 0.6 is 0 Å². The number of alkyl halides is 3. The number of hydrogen-bond donors (Lipinski definition) is 2. The first kappa shape index (κ1) is 29.8. The molecule has 0 spiro atoms. The van der Waals surface area contributed by atoms with Crippen molar-refractivity contribution in [2.24, 2.45) is 0 Å². The number of carbonyl (C=O) groups excluding carboxylic acids is 1. The quantitative estimate of drug-likeness (QED) is 0.290. The van der Waals surface area contributed by atoms with E-state index in [9.17, 15) is 37.7 Å². The molecule has 1 heterocycles. The van der Waals surface area contributed by atoms with Gasteiger partial charge in [-0.25, -0.2) is 9.37 Å². The molecule has 2 N–H and O–H groups in total. The standard InChI is InChI=1S/C24H24F4N2O5.Na/c1-35-19-4-2-3-15(11-19)22-21(14-5-7-16(25)8-6-14)29-23(24(26,27)28)30(22)10-9-17(31)12-18(32)13-20(33)34;/h2-8,11,17-18,31-32H,9-10,12-13H2,1H3,(H,33,34);/q;+1/p-1/t17-,18-;/m1./s1. The number of carboxylic acid groups (broad SMARTS) is 1. The summed E-state index contributed by atoms with van der Waals surface area (Å²) in [5.41, 5.74) is 0.624. The molecular formula is C24H23F4N2NaO5. The molecule has 0 radical (unpaired) electrons. The average molecular weight is 518 g/mol. The summed E-state index contributed by atoms with van der Waals surface area (Å²) in [4.78, 5) is 14.5. The monoisotopic (exact) mass is 518 g/mol. The van der Waals surface area contributed by atoms with Gasteiger partial charge in [0.15, 0.2) is 0 Å². The van der Waals surface area contributed by atoms with Crippen molar-refractivity contribution in [1.29, 1.82) is 0 Å². The number of hydrogen-bond acceptors (Lipinski definition) is 6. The second-order valence-electron chi connectivity index (χ2n) is 7.93. The normalized spacial score (nSPS) is 13.1. The summed E-state index contributed by atoms with van der Waals surface area (Å²) in [7, 11) is 1.41. The van der Waals surface area contributed by atoms with Crippen molar-refractivity contribution in [1.82, 2.24) is 9.55 Å². The van der Waals surface area contributed by atoms with Crippen LogP contribution in [0.5, 0.6) is 5.75 Å². The molecule has 3 rings (SSSR count). The minimum Gasteiger partial charge on any atom is -0.550 e.